The lowest BCUT2D eigenvalue weighted by Crippen LogP contribution is -1.95. The molecule has 0 aliphatic heterocycles. The van der Waals surface area contributed by atoms with Gasteiger partial charge in [-0.15, -0.1) is 12.4 Å². The van der Waals surface area contributed by atoms with Gasteiger partial charge in [0.15, 0.2) is 0 Å². The fourth-order valence-corrected chi connectivity index (χ4v) is 2.24. The van der Waals surface area contributed by atoms with Gasteiger partial charge in [0.1, 0.15) is 11.0 Å². The van der Waals surface area contributed by atoms with E-state index in [4.69, 9.17) is 11.5 Å². The molecular weight excluding hydrogens is 244 g/mol. The van der Waals surface area contributed by atoms with E-state index in [2.05, 4.69) is 8.75 Å². The van der Waals surface area contributed by atoms with Crippen LogP contribution in [0.1, 0.15) is 0 Å². The van der Waals surface area contributed by atoms with Gasteiger partial charge in [0.25, 0.3) is 0 Å². The standard InChI is InChI=1S/C10H8N4S.ClH/c11-7-3-1-6-5(9(7)12)2-4-8-10(6)14-15-13-8;/h1-4H,11-12H2;1H. The van der Waals surface area contributed by atoms with Crippen LogP contribution < -0.4 is 11.5 Å². The van der Waals surface area contributed by atoms with Crippen LogP contribution >= 0.6 is 24.1 Å². The number of hydrogen-bond donors (Lipinski definition) is 2. The fourth-order valence-electron chi connectivity index (χ4n) is 1.69. The molecule has 0 unspecified atom stereocenters. The predicted octanol–water partition coefficient (Wildman–Crippen LogP) is 2.43. The number of halogens is 1. The molecule has 16 heavy (non-hydrogen) atoms. The Hall–Kier alpha value is -1.59. The smallest absolute Gasteiger partial charge is 0.112 e. The highest BCUT2D eigenvalue weighted by Gasteiger charge is 2.07. The Kier molecular flexibility index (Phi) is 2.57. The van der Waals surface area contributed by atoms with E-state index in [1.165, 1.54) is 11.7 Å². The van der Waals surface area contributed by atoms with Crippen molar-refractivity contribution in [1.82, 2.24) is 8.75 Å². The van der Waals surface area contributed by atoms with Gasteiger partial charge in [0.05, 0.1) is 23.1 Å². The number of anilines is 2. The summed E-state index contributed by atoms with van der Waals surface area (Å²) in [7, 11) is 0. The highest BCUT2D eigenvalue weighted by Crippen LogP contribution is 2.31. The molecule has 3 rings (SSSR count). The van der Waals surface area contributed by atoms with Crippen LogP contribution in [-0.4, -0.2) is 8.75 Å². The van der Waals surface area contributed by atoms with Gasteiger partial charge in [-0.2, -0.15) is 8.75 Å². The van der Waals surface area contributed by atoms with Crippen molar-refractivity contribution in [2.24, 2.45) is 0 Å². The minimum atomic E-state index is 0. The molecule has 0 bridgehead atoms. The molecule has 0 amide bonds. The third-order valence-corrected chi connectivity index (χ3v) is 3.04. The number of nitrogens with zero attached hydrogens (tertiary/aromatic N) is 2. The third-order valence-electron chi connectivity index (χ3n) is 2.50. The van der Waals surface area contributed by atoms with Gasteiger partial charge in [-0.05, 0) is 24.3 Å². The van der Waals surface area contributed by atoms with Crippen LogP contribution in [0.5, 0.6) is 0 Å². The molecule has 0 spiro atoms. The molecule has 82 valence electrons. The molecule has 0 saturated heterocycles. The Labute approximate surface area is 102 Å². The van der Waals surface area contributed by atoms with E-state index in [1.807, 2.05) is 18.2 Å². The Balaban J connectivity index is 0.000000963. The maximum atomic E-state index is 5.91. The van der Waals surface area contributed by atoms with Gasteiger partial charge in [-0.3, -0.25) is 0 Å². The summed E-state index contributed by atoms with van der Waals surface area (Å²) in [5.41, 5.74) is 14.7. The van der Waals surface area contributed by atoms with Crippen molar-refractivity contribution in [2.75, 3.05) is 11.5 Å². The zero-order valence-corrected chi connectivity index (χ0v) is 9.81. The quantitative estimate of drug-likeness (QED) is 0.603. The molecule has 1 aromatic heterocycles. The van der Waals surface area contributed by atoms with Gasteiger partial charge >= 0.3 is 0 Å². The summed E-state index contributed by atoms with van der Waals surface area (Å²) in [6.45, 7) is 0. The number of hydrogen-bond acceptors (Lipinski definition) is 5. The van der Waals surface area contributed by atoms with Gasteiger partial charge in [0, 0.05) is 10.8 Å². The lowest BCUT2D eigenvalue weighted by molar-refractivity contribution is 1.66. The lowest BCUT2D eigenvalue weighted by atomic mass is 10.1. The highest BCUT2D eigenvalue weighted by molar-refractivity contribution is 7.00. The minimum absolute atomic E-state index is 0. The summed E-state index contributed by atoms with van der Waals surface area (Å²) in [5.74, 6) is 0. The lowest BCUT2D eigenvalue weighted by Gasteiger charge is -2.04. The Morgan fingerprint density at radius 1 is 0.938 bits per heavy atom. The molecule has 0 fully saturated rings. The molecule has 6 heteroatoms. The molecule has 0 radical (unpaired) electrons. The van der Waals surface area contributed by atoms with Gasteiger partial charge in [-0.25, -0.2) is 0 Å². The molecule has 0 atom stereocenters. The summed E-state index contributed by atoms with van der Waals surface area (Å²) in [6, 6.07) is 7.59. The number of rotatable bonds is 0. The zero-order chi connectivity index (χ0) is 10.4. The van der Waals surface area contributed by atoms with E-state index < -0.39 is 0 Å². The summed E-state index contributed by atoms with van der Waals surface area (Å²) in [5, 5.41) is 1.95. The van der Waals surface area contributed by atoms with Crippen LogP contribution in [0.2, 0.25) is 0 Å². The van der Waals surface area contributed by atoms with Crippen molar-refractivity contribution in [3.05, 3.63) is 24.3 Å². The van der Waals surface area contributed by atoms with E-state index in [1.54, 1.807) is 6.07 Å². The first-order valence-corrected chi connectivity index (χ1v) is 5.19. The summed E-state index contributed by atoms with van der Waals surface area (Å²) < 4.78 is 8.43. The molecular formula is C10H9ClN4S. The minimum Gasteiger partial charge on any atom is -0.397 e. The monoisotopic (exact) mass is 252 g/mol. The van der Waals surface area contributed by atoms with Crippen LogP contribution in [0.15, 0.2) is 24.3 Å². The van der Waals surface area contributed by atoms with Gasteiger partial charge < -0.3 is 11.5 Å². The van der Waals surface area contributed by atoms with Crippen molar-refractivity contribution in [1.29, 1.82) is 0 Å². The average Bonchev–Trinajstić information content (AvgIpc) is 2.71. The SMILES string of the molecule is Cl.Nc1ccc2c(ccc3nsnc32)c1N. The van der Waals surface area contributed by atoms with E-state index in [0.29, 0.717) is 11.4 Å². The fraction of sp³-hybridized carbons (Fsp3) is 0. The van der Waals surface area contributed by atoms with E-state index in [0.717, 1.165) is 21.8 Å². The van der Waals surface area contributed by atoms with Crippen molar-refractivity contribution in [3.63, 3.8) is 0 Å². The summed E-state index contributed by atoms with van der Waals surface area (Å²) >= 11 is 1.21. The summed E-state index contributed by atoms with van der Waals surface area (Å²) in [6.07, 6.45) is 0. The number of benzene rings is 2. The first-order chi connectivity index (χ1) is 7.27. The summed E-state index contributed by atoms with van der Waals surface area (Å²) in [4.78, 5) is 0. The topological polar surface area (TPSA) is 77.8 Å². The zero-order valence-electron chi connectivity index (χ0n) is 8.18. The van der Waals surface area contributed by atoms with Crippen molar-refractivity contribution in [3.8, 4) is 0 Å². The second kappa shape index (κ2) is 3.77. The van der Waals surface area contributed by atoms with Gasteiger partial charge in [-0.1, -0.05) is 0 Å². The van der Waals surface area contributed by atoms with Gasteiger partial charge in [0.2, 0.25) is 0 Å². The molecule has 3 aromatic rings. The molecule has 0 aliphatic carbocycles. The highest BCUT2D eigenvalue weighted by atomic mass is 35.5. The Bertz CT molecular complexity index is 664. The second-order valence-corrected chi connectivity index (χ2v) is 3.89. The molecule has 4 N–H and O–H groups in total. The van der Waals surface area contributed by atoms with Crippen molar-refractivity contribution < 1.29 is 0 Å². The van der Waals surface area contributed by atoms with E-state index >= 15 is 0 Å². The number of fused-ring (bicyclic) bond motifs is 3. The predicted molar refractivity (Wildman–Crippen MR) is 71.0 cm³/mol. The molecule has 1 heterocycles. The first-order valence-electron chi connectivity index (χ1n) is 4.46. The molecule has 2 aromatic carbocycles. The van der Waals surface area contributed by atoms with E-state index in [9.17, 15) is 0 Å². The van der Waals surface area contributed by atoms with Crippen molar-refractivity contribution in [2.45, 2.75) is 0 Å². The number of nitrogen functional groups attached to an aromatic ring is 2. The first kappa shape index (κ1) is 10.9. The molecule has 0 saturated carbocycles. The molecule has 0 aliphatic rings. The Morgan fingerprint density at radius 3 is 2.50 bits per heavy atom. The number of nitrogens with two attached hydrogens (primary N) is 2. The second-order valence-electron chi connectivity index (χ2n) is 3.36. The third kappa shape index (κ3) is 1.36. The van der Waals surface area contributed by atoms with Crippen LogP contribution in [-0.2, 0) is 0 Å². The maximum Gasteiger partial charge on any atom is 0.112 e. The van der Waals surface area contributed by atoms with E-state index in [-0.39, 0.29) is 12.4 Å². The average molecular weight is 253 g/mol. The Morgan fingerprint density at radius 2 is 1.69 bits per heavy atom. The van der Waals surface area contributed by atoms with Crippen LogP contribution in [0.25, 0.3) is 21.8 Å². The molecule has 4 nitrogen and oxygen atoms in total. The largest absolute Gasteiger partial charge is 0.397 e. The van der Waals surface area contributed by atoms with Crippen LogP contribution in [0.4, 0.5) is 11.4 Å². The number of aromatic nitrogens is 2. The maximum absolute atomic E-state index is 5.91. The normalized spacial score (nSPS) is 10.5. The van der Waals surface area contributed by atoms with Crippen LogP contribution in [0.3, 0.4) is 0 Å². The van der Waals surface area contributed by atoms with Crippen molar-refractivity contribution >= 4 is 57.3 Å². The van der Waals surface area contributed by atoms with Crippen LogP contribution in [0, 0.1) is 0 Å².